The number of ether oxygens (including phenoxy) is 1. The molecule has 0 heterocycles. The molecule has 0 aliphatic heterocycles. The lowest BCUT2D eigenvalue weighted by molar-refractivity contribution is -0.123. The van der Waals surface area contributed by atoms with Crippen molar-refractivity contribution in [2.24, 2.45) is 5.92 Å². The van der Waals surface area contributed by atoms with Crippen LogP contribution in [0.3, 0.4) is 0 Å². The second-order valence-corrected chi connectivity index (χ2v) is 5.94. The largest absolute Gasteiger partial charge is 0.483 e. The molecule has 0 spiro atoms. The van der Waals surface area contributed by atoms with Gasteiger partial charge < -0.3 is 15.0 Å². The van der Waals surface area contributed by atoms with Crippen molar-refractivity contribution < 1.29 is 9.53 Å². The van der Waals surface area contributed by atoms with E-state index in [2.05, 4.69) is 17.1 Å². The van der Waals surface area contributed by atoms with Crippen LogP contribution in [0.15, 0.2) is 42.5 Å². The predicted molar refractivity (Wildman–Crippen MR) is 97.4 cm³/mol. The van der Waals surface area contributed by atoms with Gasteiger partial charge >= 0.3 is 0 Å². The number of halogens is 1. The number of fused-ring (bicyclic) bond motifs is 1. The van der Waals surface area contributed by atoms with Gasteiger partial charge in [0.25, 0.3) is 5.91 Å². The molecule has 0 saturated carbocycles. The molecule has 2 aromatic rings. The fraction of sp³-hybridized carbons (Fsp3) is 0.389. The van der Waals surface area contributed by atoms with Gasteiger partial charge in [0.1, 0.15) is 5.75 Å². The van der Waals surface area contributed by atoms with E-state index >= 15 is 0 Å². The highest BCUT2D eigenvalue weighted by molar-refractivity contribution is 5.88. The Morgan fingerprint density at radius 2 is 1.87 bits per heavy atom. The second kappa shape index (κ2) is 9.38. The maximum atomic E-state index is 11.9. The van der Waals surface area contributed by atoms with Gasteiger partial charge in [-0.05, 0) is 31.5 Å². The molecule has 0 aliphatic carbocycles. The van der Waals surface area contributed by atoms with Crippen LogP contribution in [0.4, 0.5) is 0 Å². The lowest BCUT2D eigenvalue weighted by Gasteiger charge is -2.17. The predicted octanol–water partition coefficient (Wildman–Crippen LogP) is 2.95. The molecule has 5 heteroatoms. The van der Waals surface area contributed by atoms with Crippen LogP contribution in [0, 0.1) is 5.92 Å². The van der Waals surface area contributed by atoms with E-state index in [9.17, 15) is 4.79 Å². The van der Waals surface area contributed by atoms with Gasteiger partial charge in [-0.2, -0.15) is 0 Å². The molecule has 0 bridgehead atoms. The van der Waals surface area contributed by atoms with Crippen LogP contribution in [-0.2, 0) is 4.79 Å². The Morgan fingerprint density at radius 3 is 2.61 bits per heavy atom. The number of rotatable bonds is 7. The Kier molecular flexibility index (Phi) is 7.86. The highest BCUT2D eigenvalue weighted by Crippen LogP contribution is 2.24. The Bertz CT molecular complexity index is 626. The lowest BCUT2D eigenvalue weighted by atomic mass is 10.1. The van der Waals surface area contributed by atoms with Gasteiger partial charge in [0.15, 0.2) is 6.61 Å². The number of carbonyl (C=O) groups excluding carboxylic acids is 1. The van der Waals surface area contributed by atoms with Crippen molar-refractivity contribution in [2.45, 2.75) is 6.92 Å². The molecule has 0 saturated heterocycles. The molecule has 1 unspecified atom stereocenters. The summed E-state index contributed by atoms with van der Waals surface area (Å²) in [7, 11) is 4.06. The zero-order valence-corrected chi connectivity index (χ0v) is 14.7. The molecule has 0 radical (unpaired) electrons. The highest BCUT2D eigenvalue weighted by atomic mass is 35.5. The van der Waals surface area contributed by atoms with E-state index in [0.29, 0.717) is 12.5 Å². The summed E-state index contributed by atoms with van der Waals surface area (Å²) >= 11 is 0. The third-order valence-electron chi connectivity index (χ3n) is 3.43. The second-order valence-electron chi connectivity index (χ2n) is 5.94. The average Bonchev–Trinajstić information content (AvgIpc) is 2.50. The van der Waals surface area contributed by atoms with Gasteiger partial charge in [0.2, 0.25) is 0 Å². The number of amides is 1. The number of carbonyl (C=O) groups is 1. The Hall–Kier alpha value is -1.78. The maximum absolute atomic E-state index is 11.9. The van der Waals surface area contributed by atoms with Crippen molar-refractivity contribution in [3.63, 3.8) is 0 Å². The van der Waals surface area contributed by atoms with Gasteiger partial charge in [-0.25, -0.2) is 0 Å². The number of benzene rings is 2. The van der Waals surface area contributed by atoms with E-state index in [1.54, 1.807) is 0 Å². The van der Waals surface area contributed by atoms with Crippen LogP contribution >= 0.6 is 12.4 Å². The third kappa shape index (κ3) is 6.08. The van der Waals surface area contributed by atoms with E-state index in [1.807, 2.05) is 56.6 Å². The maximum Gasteiger partial charge on any atom is 0.257 e. The summed E-state index contributed by atoms with van der Waals surface area (Å²) in [5.41, 5.74) is 0. The van der Waals surface area contributed by atoms with Gasteiger partial charge in [0.05, 0.1) is 0 Å². The van der Waals surface area contributed by atoms with Gasteiger partial charge in [-0.1, -0.05) is 43.3 Å². The molecule has 0 aliphatic rings. The zero-order valence-electron chi connectivity index (χ0n) is 13.9. The van der Waals surface area contributed by atoms with Crippen LogP contribution < -0.4 is 10.1 Å². The first-order chi connectivity index (χ1) is 10.6. The average molecular weight is 337 g/mol. The first kappa shape index (κ1) is 19.3. The molecule has 4 nitrogen and oxygen atoms in total. The first-order valence-electron chi connectivity index (χ1n) is 7.58. The minimum Gasteiger partial charge on any atom is -0.483 e. The number of hydrogen-bond donors (Lipinski definition) is 1. The molecule has 0 aromatic heterocycles. The molecule has 1 amide bonds. The standard InChI is InChI=1S/C18H24N2O2.ClH/c1-14(12-20(2)3)11-19-18(21)13-22-17-10-6-8-15-7-4-5-9-16(15)17;/h4-10,14H,11-13H2,1-3H3,(H,19,21);1H. The summed E-state index contributed by atoms with van der Waals surface area (Å²) in [4.78, 5) is 14.0. The number of hydrogen-bond acceptors (Lipinski definition) is 3. The Morgan fingerprint density at radius 1 is 1.17 bits per heavy atom. The van der Waals surface area contributed by atoms with Crippen LogP contribution in [0.25, 0.3) is 10.8 Å². The van der Waals surface area contributed by atoms with Crippen molar-refractivity contribution in [3.8, 4) is 5.75 Å². The number of nitrogens with one attached hydrogen (secondary N) is 1. The molecule has 126 valence electrons. The summed E-state index contributed by atoms with van der Waals surface area (Å²) in [5, 5.41) is 5.05. The van der Waals surface area contributed by atoms with E-state index in [-0.39, 0.29) is 24.9 Å². The molecule has 2 rings (SSSR count). The molecular formula is C18H25ClN2O2. The normalized spacial score (nSPS) is 11.8. The highest BCUT2D eigenvalue weighted by Gasteiger charge is 2.08. The Labute approximate surface area is 144 Å². The van der Waals surface area contributed by atoms with Crippen molar-refractivity contribution in [3.05, 3.63) is 42.5 Å². The zero-order chi connectivity index (χ0) is 15.9. The fourth-order valence-electron chi connectivity index (χ4n) is 2.49. The summed E-state index contributed by atoms with van der Waals surface area (Å²) in [6, 6.07) is 13.9. The van der Waals surface area contributed by atoms with Gasteiger partial charge in [-0.3, -0.25) is 4.79 Å². The third-order valence-corrected chi connectivity index (χ3v) is 3.43. The van der Waals surface area contributed by atoms with E-state index < -0.39 is 0 Å². The SMILES string of the molecule is CC(CNC(=O)COc1cccc2ccccc12)CN(C)C.Cl. The van der Waals surface area contributed by atoms with E-state index in [1.165, 1.54) is 0 Å². The molecule has 0 fully saturated rings. The van der Waals surface area contributed by atoms with Crippen molar-refractivity contribution in [1.82, 2.24) is 10.2 Å². The molecular weight excluding hydrogens is 312 g/mol. The van der Waals surface area contributed by atoms with Gasteiger partial charge in [0, 0.05) is 18.5 Å². The molecule has 2 aromatic carbocycles. The van der Waals surface area contributed by atoms with Gasteiger partial charge in [-0.15, -0.1) is 12.4 Å². The molecule has 1 atom stereocenters. The summed E-state index contributed by atoms with van der Waals surface area (Å²) in [6.45, 7) is 3.77. The van der Waals surface area contributed by atoms with E-state index in [4.69, 9.17) is 4.74 Å². The van der Waals surface area contributed by atoms with Crippen LogP contribution in [0.5, 0.6) is 5.75 Å². The minimum absolute atomic E-state index is 0. The fourth-order valence-corrected chi connectivity index (χ4v) is 2.49. The minimum atomic E-state index is -0.0847. The monoisotopic (exact) mass is 336 g/mol. The van der Waals surface area contributed by atoms with Crippen LogP contribution in [0.2, 0.25) is 0 Å². The summed E-state index contributed by atoms with van der Waals surface area (Å²) < 4.78 is 5.67. The number of nitrogens with zero attached hydrogens (tertiary/aromatic N) is 1. The Balaban J connectivity index is 0.00000264. The van der Waals surface area contributed by atoms with Crippen LogP contribution in [0.1, 0.15) is 6.92 Å². The van der Waals surface area contributed by atoms with Crippen molar-refractivity contribution in [2.75, 3.05) is 33.8 Å². The van der Waals surface area contributed by atoms with E-state index in [0.717, 1.165) is 23.1 Å². The van der Waals surface area contributed by atoms with Crippen molar-refractivity contribution >= 4 is 29.1 Å². The molecule has 23 heavy (non-hydrogen) atoms. The summed E-state index contributed by atoms with van der Waals surface area (Å²) in [6.07, 6.45) is 0. The van der Waals surface area contributed by atoms with Crippen molar-refractivity contribution in [1.29, 1.82) is 0 Å². The first-order valence-corrected chi connectivity index (χ1v) is 7.58. The lowest BCUT2D eigenvalue weighted by Crippen LogP contribution is -2.35. The smallest absolute Gasteiger partial charge is 0.257 e. The quantitative estimate of drug-likeness (QED) is 0.845. The summed E-state index contributed by atoms with van der Waals surface area (Å²) in [5.74, 6) is 1.07. The van der Waals surface area contributed by atoms with Crippen LogP contribution in [-0.4, -0.2) is 44.6 Å². The topological polar surface area (TPSA) is 41.6 Å². The molecule has 1 N–H and O–H groups in total.